The molecule has 11 heteroatoms. The minimum absolute atomic E-state index is 0. The summed E-state index contributed by atoms with van der Waals surface area (Å²) < 4.78 is 67.8. The van der Waals surface area contributed by atoms with E-state index in [1.165, 1.54) is 0 Å². The van der Waals surface area contributed by atoms with E-state index in [-0.39, 0.29) is 31.6 Å². The van der Waals surface area contributed by atoms with Crippen molar-refractivity contribution in [2.75, 3.05) is 0 Å². The minimum atomic E-state index is -4.88. The predicted molar refractivity (Wildman–Crippen MR) is 54.9 cm³/mol. The summed E-state index contributed by atoms with van der Waals surface area (Å²) in [6, 6.07) is 0. The summed E-state index contributed by atoms with van der Waals surface area (Å²) in [5.41, 5.74) is 0. The zero-order valence-corrected chi connectivity index (χ0v) is 13.8. The standard InChI is InChI=1S/2C5H5F3O2.Zn/c2*1-3(9)2-4(10)5(6,7)8;/h2*2,9H,1H3;/b2*3-2-;. The smallest absolute Gasteiger partial charge is 0.454 e. The number of carbonyl (C=O) groups excluding carboxylic acids is 2. The van der Waals surface area contributed by atoms with Gasteiger partial charge in [-0.15, -0.1) is 0 Å². The summed E-state index contributed by atoms with van der Waals surface area (Å²) in [5, 5.41) is 16.5. The molecule has 21 heavy (non-hydrogen) atoms. The molecule has 0 atom stereocenters. The summed E-state index contributed by atoms with van der Waals surface area (Å²) in [7, 11) is 0. The second-order valence-electron chi connectivity index (χ2n) is 3.30. The monoisotopic (exact) mass is 372 g/mol. The number of carbonyl (C=O) groups is 2. The number of halogens is 6. The molecular weight excluding hydrogens is 363 g/mol. The molecule has 0 saturated heterocycles. The average molecular weight is 374 g/mol. The Hall–Kier alpha value is -1.38. The van der Waals surface area contributed by atoms with Gasteiger partial charge in [0.15, 0.2) is 0 Å². The second kappa shape index (κ2) is 9.54. The van der Waals surface area contributed by atoms with Crippen molar-refractivity contribution in [3.8, 4) is 0 Å². The molecule has 0 spiro atoms. The van der Waals surface area contributed by atoms with E-state index in [9.17, 15) is 35.9 Å². The largest absolute Gasteiger partial charge is 0.512 e. The Morgan fingerprint density at radius 2 is 0.952 bits per heavy atom. The van der Waals surface area contributed by atoms with Gasteiger partial charge in [-0.25, -0.2) is 0 Å². The van der Waals surface area contributed by atoms with E-state index < -0.39 is 35.4 Å². The number of ketones is 2. The molecule has 0 unspecified atom stereocenters. The van der Waals surface area contributed by atoms with E-state index >= 15 is 0 Å². The third-order valence-corrected chi connectivity index (χ3v) is 1.24. The number of rotatable bonds is 2. The fourth-order valence-electron chi connectivity index (χ4n) is 0.543. The molecule has 0 fully saturated rings. The van der Waals surface area contributed by atoms with Crippen molar-refractivity contribution in [1.82, 2.24) is 0 Å². The number of aliphatic hydroxyl groups excluding tert-OH is 2. The Morgan fingerprint density at radius 1 is 0.762 bits per heavy atom. The zero-order valence-electron chi connectivity index (χ0n) is 10.8. The summed E-state index contributed by atoms with van der Waals surface area (Å²) in [6.07, 6.45) is -9.52. The first-order valence-electron chi connectivity index (χ1n) is 4.64. The van der Waals surface area contributed by atoms with Crippen molar-refractivity contribution in [2.24, 2.45) is 0 Å². The number of hydrogen-bond acceptors (Lipinski definition) is 4. The van der Waals surface area contributed by atoms with Crippen LogP contribution in [0.1, 0.15) is 13.8 Å². The number of alkyl halides is 6. The predicted octanol–water partition coefficient (Wildman–Crippen LogP) is 3.16. The van der Waals surface area contributed by atoms with Gasteiger partial charge in [-0.05, 0) is 13.8 Å². The molecule has 0 aliphatic carbocycles. The van der Waals surface area contributed by atoms with Crippen LogP contribution < -0.4 is 0 Å². The van der Waals surface area contributed by atoms with E-state index in [0.29, 0.717) is 0 Å². The van der Waals surface area contributed by atoms with Crippen LogP contribution in [-0.2, 0) is 29.1 Å². The molecule has 0 aliphatic rings. The molecule has 0 saturated carbocycles. The van der Waals surface area contributed by atoms with Crippen LogP contribution in [0, 0.1) is 0 Å². The molecule has 4 nitrogen and oxygen atoms in total. The van der Waals surface area contributed by atoms with E-state index in [1.807, 2.05) is 0 Å². The maximum Gasteiger partial charge on any atom is 0.454 e. The van der Waals surface area contributed by atoms with Gasteiger partial charge in [0.05, 0.1) is 11.5 Å². The van der Waals surface area contributed by atoms with Gasteiger partial charge in [-0.1, -0.05) is 0 Å². The Balaban J connectivity index is -0.000000295. The van der Waals surface area contributed by atoms with Crippen LogP contribution in [0.2, 0.25) is 0 Å². The SMILES string of the molecule is C/C(O)=C/C(=O)C(F)(F)F.C/C(O)=C/C(=O)C(F)(F)F.[Zn]. The molecule has 0 radical (unpaired) electrons. The first kappa shape index (κ1) is 24.6. The number of allylic oxidation sites excluding steroid dienone is 4. The van der Waals surface area contributed by atoms with Crippen molar-refractivity contribution in [2.45, 2.75) is 26.2 Å². The molecule has 0 aromatic heterocycles. The Kier molecular flexibility index (Phi) is 11.2. The minimum Gasteiger partial charge on any atom is -0.512 e. The van der Waals surface area contributed by atoms with Gasteiger partial charge >= 0.3 is 12.4 Å². The molecule has 0 aliphatic heterocycles. The normalized spacial score (nSPS) is 12.8. The Labute approximate surface area is 127 Å². The van der Waals surface area contributed by atoms with Gasteiger partial charge in [0, 0.05) is 31.6 Å². The maximum absolute atomic E-state index is 11.3. The zero-order chi connectivity index (χ0) is 16.7. The van der Waals surface area contributed by atoms with Crippen LogP contribution in [0.25, 0.3) is 0 Å². The van der Waals surface area contributed by atoms with E-state index in [2.05, 4.69) is 0 Å². The summed E-state index contributed by atoms with van der Waals surface area (Å²) in [5.74, 6) is -5.40. The van der Waals surface area contributed by atoms with E-state index in [4.69, 9.17) is 10.2 Å². The Bertz CT molecular complexity index is 374. The van der Waals surface area contributed by atoms with Gasteiger partial charge in [0.1, 0.15) is 0 Å². The first-order valence-corrected chi connectivity index (χ1v) is 4.64. The van der Waals surface area contributed by atoms with E-state index in [0.717, 1.165) is 13.8 Å². The molecule has 0 rings (SSSR count). The third-order valence-electron chi connectivity index (χ3n) is 1.24. The van der Waals surface area contributed by atoms with Crippen molar-refractivity contribution < 1.29 is 65.6 Å². The topological polar surface area (TPSA) is 74.6 Å². The van der Waals surface area contributed by atoms with Gasteiger partial charge in [-0.2, -0.15) is 26.3 Å². The van der Waals surface area contributed by atoms with Crippen molar-refractivity contribution in [1.29, 1.82) is 0 Å². The number of aliphatic hydroxyl groups is 2. The van der Waals surface area contributed by atoms with Crippen LogP contribution >= 0.6 is 0 Å². The molecule has 0 aromatic rings. The molecular formula is C10H10F6O4Zn. The van der Waals surface area contributed by atoms with Crippen molar-refractivity contribution in [3.05, 3.63) is 23.7 Å². The van der Waals surface area contributed by atoms with Crippen molar-refractivity contribution >= 4 is 11.6 Å². The van der Waals surface area contributed by atoms with E-state index in [1.54, 1.807) is 0 Å². The van der Waals surface area contributed by atoms with Crippen LogP contribution in [0.4, 0.5) is 26.3 Å². The molecule has 2 N–H and O–H groups in total. The Morgan fingerprint density at radius 3 is 1.00 bits per heavy atom. The van der Waals surface area contributed by atoms with Gasteiger partial charge in [-0.3, -0.25) is 9.59 Å². The fraction of sp³-hybridized carbons (Fsp3) is 0.400. The van der Waals surface area contributed by atoms with Gasteiger partial charge < -0.3 is 10.2 Å². The van der Waals surface area contributed by atoms with Crippen LogP contribution in [-0.4, -0.2) is 34.1 Å². The summed E-state index contributed by atoms with van der Waals surface area (Å²) >= 11 is 0. The first-order chi connectivity index (χ1) is 8.67. The van der Waals surface area contributed by atoms with Crippen LogP contribution in [0.3, 0.4) is 0 Å². The summed E-state index contributed by atoms with van der Waals surface area (Å²) in [4.78, 5) is 19.8. The maximum atomic E-state index is 11.3. The second-order valence-corrected chi connectivity index (χ2v) is 3.30. The van der Waals surface area contributed by atoms with Crippen LogP contribution in [0.5, 0.6) is 0 Å². The molecule has 0 aromatic carbocycles. The molecule has 0 amide bonds. The molecule has 118 valence electrons. The summed E-state index contributed by atoms with van der Waals surface area (Å²) in [6.45, 7) is 1.98. The van der Waals surface area contributed by atoms with Crippen molar-refractivity contribution in [3.63, 3.8) is 0 Å². The molecule has 0 heterocycles. The molecule has 0 bridgehead atoms. The quantitative estimate of drug-likeness (QED) is 0.337. The third kappa shape index (κ3) is 14.8. The van der Waals surface area contributed by atoms with Gasteiger partial charge in [0.25, 0.3) is 11.6 Å². The fourth-order valence-corrected chi connectivity index (χ4v) is 0.543. The average Bonchev–Trinajstić information content (AvgIpc) is 2.13. The number of hydrogen-bond donors (Lipinski definition) is 2. The van der Waals surface area contributed by atoms with Crippen LogP contribution in [0.15, 0.2) is 23.7 Å². The van der Waals surface area contributed by atoms with Gasteiger partial charge in [0.2, 0.25) is 0 Å².